The van der Waals surface area contributed by atoms with Gasteiger partial charge in [0.15, 0.2) is 0 Å². The van der Waals surface area contributed by atoms with E-state index in [-0.39, 0.29) is 12.3 Å². The Balaban J connectivity index is 2.24. The lowest BCUT2D eigenvalue weighted by Gasteiger charge is -2.19. The number of urea groups is 1. The van der Waals surface area contributed by atoms with Gasteiger partial charge in [0.05, 0.1) is 5.75 Å². The van der Waals surface area contributed by atoms with E-state index in [1.54, 1.807) is 6.92 Å². The number of carbonyl (C=O) groups is 2. The summed E-state index contributed by atoms with van der Waals surface area (Å²) in [6.07, 6.45) is 1.04. The van der Waals surface area contributed by atoms with E-state index in [1.807, 2.05) is 0 Å². The first kappa shape index (κ1) is 15.4. The van der Waals surface area contributed by atoms with Crippen molar-refractivity contribution in [3.8, 4) is 0 Å². The molecule has 0 spiro atoms. The van der Waals surface area contributed by atoms with Gasteiger partial charge in [0.25, 0.3) is 5.91 Å². The zero-order valence-electron chi connectivity index (χ0n) is 11.6. The normalized spacial score (nSPS) is 19.5. The number of carbonyl (C=O) groups excluding carboxylic acids is 2. The minimum atomic E-state index is -3.28. The maximum atomic E-state index is 12.9. The van der Waals surface area contributed by atoms with Crippen molar-refractivity contribution in [1.29, 1.82) is 0 Å². The monoisotopic (exact) mass is 314 g/mol. The highest BCUT2D eigenvalue weighted by atomic mass is 32.2. The molecule has 1 aromatic rings. The van der Waals surface area contributed by atoms with Crippen LogP contribution in [-0.2, 0) is 14.6 Å². The van der Waals surface area contributed by atoms with Crippen molar-refractivity contribution in [2.45, 2.75) is 13.0 Å². The van der Waals surface area contributed by atoms with E-state index in [9.17, 15) is 22.4 Å². The predicted molar refractivity (Wildman–Crippen MR) is 75.2 cm³/mol. The molecule has 3 amide bonds. The van der Waals surface area contributed by atoms with Gasteiger partial charge in [-0.3, -0.25) is 14.6 Å². The zero-order valence-corrected chi connectivity index (χ0v) is 12.4. The second kappa shape index (κ2) is 5.44. The van der Waals surface area contributed by atoms with Crippen LogP contribution in [0, 0.1) is 5.82 Å². The number of nitrogens with zero attached hydrogens (tertiary/aromatic N) is 2. The first-order chi connectivity index (χ1) is 9.70. The van der Waals surface area contributed by atoms with Gasteiger partial charge < -0.3 is 0 Å². The summed E-state index contributed by atoms with van der Waals surface area (Å²) >= 11 is 0. The highest BCUT2D eigenvalue weighted by Gasteiger charge is 2.43. The first-order valence-electron chi connectivity index (χ1n) is 6.28. The lowest BCUT2D eigenvalue weighted by molar-refractivity contribution is -0.126. The third kappa shape index (κ3) is 3.21. The van der Waals surface area contributed by atoms with Gasteiger partial charge in [-0.2, -0.15) is 0 Å². The quantitative estimate of drug-likeness (QED) is 0.778. The number of hydrogen-bond acceptors (Lipinski definition) is 4. The minimum Gasteiger partial charge on any atom is -0.282 e. The molecule has 0 bridgehead atoms. The van der Waals surface area contributed by atoms with Crippen LogP contribution in [-0.4, -0.2) is 49.9 Å². The highest BCUT2D eigenvalue weighted by molar-refractivity contribution is 7.90. The average Bonchev–Trinajstić information content (AvgIpc) is 2.59. The molecule has 21 heavy (non-hydrogen) atoms. The average molecular weight is 314 g/mol. The summed E-state index contributed by atoms with van der Waals surface area (Å²) in [7, 11) is -3.28. The van der Waals surface area contributed by atoms with Crippen molar-refractivity contribution in [3.05, 3.63) is 30.1 Å². The molecule has 8 heteroatoms. The fourth-order valence-electron chi connectivity index (χ4n) is 2.12. The van der Waals surface area contributed by atoms with Gasteiger partial charge in [0.2, 0.25) is 0 Å². The number of sulfone groups is 1. The summed E-state index contributed by atoms with van der Waals surface area (Å²) in [5, 5.41) is 0. The molecule has 1 fully saturated rings. The van der Waals surface area contributed by atoms with Crippen LogP contribution in [0.25, 0.3) is 0 Å². The van der Waals surface area contributed by atoms with Crippen LogP contribution in [0.15, 0.2) is 24.3 Å². The first-order valence-corrected chi connectivity index (χ1v) is 8.34. The molecule has 0 aliphatic carbocycles. The van der Waals surface area contributed by atoms with Gasteiger partial charge >= 0.3 is 6.03 Å². The number of imide groups is 1. The molecule has 0 aromatic heterocycles. The number of benzene rings is 1. The molecule has 1 heterocycles. The molecule has 1 aliphatic rings. The third-order valence-electron chi connectivity index (χ3n) is 3.24. The summed E-state index contributed by atoms with van der Waals surface area (Å²) in [4.78, 5) is 26.5. The number of amides is 3. The van der Waals surface area contributed by atoms with Gasteiger partial charge in [-0.15, -0.1) is 0 Å². The van der Waals surface area contributed by atoms with Crippen LogP contribution in [0.5, 0.6) is 0 Å². The molecule has 2 rings (SSSR count). The summed E-state index contributed by atoms with van der Waals surface area (Å²) < 4.78 is 35.3. The lowest BCUT2D eigenvalue weighted by atomic mass is 10.2. The standard InChI is InChI=1S/C13H15FN2O4S/c1-9-12(17)15(7-8-21(2,19)20)13(18)16(9)11-5-3-10(14)4-6-11/h3-6,9H,7-8H2,1-2H3/t9-/m0/s1. The molecule has 1 atom stereocenters. The maximum absolute atomic E-state index is 12.9. The van der Waals surface area contributed by atoms with E-state index in [0.717, 1.165) is 11.2 Å². The van der Waals surface area contributed by atoms with Crippen molar-refractivity contribution in [2.24, 2.45) is 0 Å². The SMILES string of the molecule is C[C@H]1C(=O)N(CCS(C)(=O)=O)C(=O)N1c1ccc(F)cc1. The Bertz CT molecular complexity index is 672. The number of rotatable bonds is 4. The van der Waals surface area contributed by atoms with E-state index in [1.165, 1.54) is 29.2 Å². The van der Waals surface area contributed by atoms with Crippen LogP contribution in [0.4, 0.5) is 14.9 Å². The van der Waals surface area contributed by atoms with Gasteiger partial charge in [-0.1, -0.05) is 0 Å². The number of halogens is 1. The molecule has 0 saturated carbocycles. The Morgan fingerprint density at radius 1 is 1.19 bits per heavy atom. The zero-order chi connectivity index (χ0) is 15.8. The smallest absolute Gasteiger partial charge is 0.282 e. The van der Waals surface area contributed by atoms with Crippen molar-refractivity contribution in [3.63, 3.8) is 0 Å². The molecule has 1 aromatic carbocycles. The van der Waals surface area contributed by atoms with Gasteiger partial charge in [-0.25, -0.2) is 17.6 Å². The molecule has 1 saturated heterocycles. The van der Waals surface area contributed by atoms with Gasteiger partial charge in [-0.05, 0) is 31.2 Å². The third-order valence-corrected chi connectivity index (χ3v) is 4.16. The van der Waals surface area contributed by atoms with E-state index in [0.29, 0.717) is 5.69 Å². The molecule has 114 valence electrons. The Labute approximate surface area is 122 Å². The van der Waals surface area contributed by atoms with E-state index in [4.69, 9.17) is 0 Å². The molecule has 0 unspecified atom stereocenters. The summed E-state index contributed by atoms with van der Waals surface area (Å²) in [6, 6.07) is 3.84. The topological polar surface area (TPSA) is 74.8 Å². The van der Waals surface area contributed by atoms with Crippen molar-refractivity contribution >= 4 is 27.5 Å². The highest BCUT2D eigenvalue weighted by Crippen LogP contribution is 2.25. The van der Waals surface area contributed by atoms with Crippen LogP contribution in [0.2, 0.25) is 0 Å². The molecular formula is C13H15FN2O4S. The minimum absolute atomic E-state index is 0.182. The lowest BCUT2D eigenvalue weighted by Crippen LogP contribution is -2.36. The summed E-state index contributed by atoms with van der Waals surface area (Å²) in [6.45, 7) is 1.36. The van der Waals surface area contributed by atoms with Crippen molar-refractivity contribution in [1.82, 2.24) is 4.90 Å². The predicted octanol–water partition coefficient (Wildman–Crippen LogP) is 1.03. The summed E-state index contributed by atoms with van der Waals surface area (Å²) in [5.74, 6) is -1.19. The van der Waals surface area contributed by atoms with Crippen LogP contribution in [0.3, 0.4) is 0 Å². The van der Waals surface area contributed by atoms with Gasteiger partial charge in [0, 0.05) is 18.5 Å². The largest absolute Gasteiger partial charge is 0.332 e. The summed E-state index contributed by atoms with van der Waals surface area (Å²) in [5.41, 5.74) is 0.393. The Morgan fingerprint density at radius 3 is 2.29 bits per heavy atom. The number of anilines is 1. The Morgan fingerprint density at radius 2 is 1.76 bits per heavy atom. The second-order valence-corrected chi connectivity index (χ2v) is 7.18. The van der Waals surface area contributed by atoms with Crippen LogP contribution < -0.4 is 4.90 Å². The molecule has 0 N–H and O–H groups in total. The second-order valence-electron chi connectivity index (χ2n) is 4.92. The fraction of sp³-hybridized carbons (Fsp3) is 0.385. The van der Waals surface area contributed by atoms with E-state index < -0.39 is 33.6 Å². The van der Waals surface area contributed by atoms with E-state index >= 15 is 0 Å². The Hall–Kier alpha value is -1.96. The van der Waals surface area contributed by atoms with E-state index in [2.05, 4.69) is 0 Å². The van der Waals surface area contributed by atoms with Crippen molar-refractivity contribution in [2.75, 3.05) is 23.5 Å². The van der Waals surface area contributed by atoms with Gasteiger partial charge in [0.1, 0.15) is 21.7 Å². The molecule has 1 aliphatic heterocycles. The Kier molecular flexibility index (Phi) is 3.99. The fourth-order valence-corrected chi connectivity index (χ4v) is 2.64. The maximum Gasteiger partial charge on any atom is 0.332 e. The number of hydrogen-bond donors (Lipinski definition) is 0. The van der Waals surface area contributed by atoms with Crippen molar-refractivity contribution < 1.29 is 22.4 Å². The molecule has 0 radical (unpaired) electrons. The van der Waals surface area contributed by atoms with Crippen LogP contribution >= 0.6 is 0 Å². The van der Waals surface area contributed by atoms with Crippen LogP contribution in [0.1, 0.15) is 6.92 Å². The molecular weight excluding hydrogens is 299 g/mol. The molecule has 6 nitrogen and oxygen atoms in total.